The Morgan fingerprint density at radius 1 is 1.22 bits per heavy atom. The van der Waals surface area contributed by atoms with Crippen molar-refractivity contribution in [2.75, 3.05) is 11.9 Å². The largest absolute Gasteiger partial charge is 0.388 e. The molecule has 0 spiro atoms. The second-order valence-electron chi connectivity index (χ2n) is 5.40. The van der Waals surface area contributed by atoms with E-state index in [9.17, 15) is 5.11 Å². The number of hydrogen-bond donors (Lipinski definition) is 2. The molecule has 2 N–H and O–H groups in total. The van der Waals surface area contributed by atoms with E-state index >= 15 is 0 Å². The van der Waals surface area contributed by atoms with Crippen LogP contribution in [0.1, 0.15) is 44.1 Å². The minimum atomic E-state index is -0.523. The molecular weight excluding hydrogens is 290 g/mol. The van der Waals surface area contributed by atoms with Gasteiger partial charge in [-0.3, -0.25) is 0 Å². The third-order valence-electron chi connectivity index (χ3n) is 3.91. The lowest BCUT2D eigenvalue weighted by molar-refractivity contribution is 0.0381. The zero-order valence-corrected chi connectivity index (χ0v) is 12.6. The van der Waals surface area contributed by atoms with Crippen molar-refractivity contribution < 1.29 is 5.11 Å². The summed E-state index contributed by atoms with van der Waals surface area (Å²) in [6.07, 6.45) is 6.67. The summed E-state index contributed by atoms with van der Waals surface area (Å²) >= 11 is 3.54. The van der Waals surface area contributed by atoms with Gasteiger partial charge in [0.25, 0.3) is 0 Å². The highest BCUT2D eigenvalue weighted by Gasteiger charge is 2.27. The van der Waals surface area contributed by atoms with Gasteiger partial charge in [-0.25, -0.2) is 0 Å². The van der Waals surface area contributed by atoms with E-state index in [1.807, 2.05) is 12.1 Å². The molecule has 0 heterocycles. The topological polar surface area (TPSA) is 32.3 Å². The van der Waals surface area contributed by atoms with E-state index in [0.29, 0.717) is 6.54 Å². The first kappa shape index (κ1) is 13.9. The average molecular weight is 312 g/mol. The van der Waals surface area contributed by atoms with Gasteiger partial charge in [0.15, 0.2) is 0 Å². The maximum absolute atomic E-state index is 10.6. The molecule has 100 valence electrons. The van der Waals surface area contributed by atoms with Gasteiger partial charge in [0.2, 0.25) is 0 Å². The van der Waals surface area contributed by atoms with E-state index in [0.717, 1.165) is 35.8 Å². The number of rotatable bonds is 3. The van der Waals surface area contributed by atoms with Crippen LogP contribution in [0, 0.1) is 6.92 Å². The van der Waals surface area contributed by atoms with Crippen LogP contribution in [0.4, 0.5) is 5.69 Å². The highest BCUT2D eigenvalue weighted by atomic mass is 79.9. The van der Waals surface area contributed by atoms with Crippen molar-refractivity contribution in [2.24, 2.45) is 0 Å². The molecule has 0 saturated heterocycles. The highest BCUT2D eigenvalue weighted by Crippen LogP contribution is 2.29. The van der Waals surface area contributed by atoms with Gasteiger partial charge in [0.1, 0.15) is 0 Å². The Balaban J connectivity index is 1.99. The first-order chi connectivity index (χ1) is 8.61. The molecule has 1 aromatic carbocycles. The lowest BCUT2D eigenvalue weighted by Crippen LogP contribution is -2.36. The third-order valence-corrected chi connectivity index (χ3v) is 4.77. The van der Waals surface area contributed by atoms with Crippen LogP contribution in [0.2, 0.25) is 0 Å². The summed E-state index contributed by atoms with van der Waals surface area (Å²) < 4.78 is 1.11. The van der Waals surface area contributed by atoms with E-state index in [1.165, 1.54) is 18.4 Å². The van der Waals surface area contributed by atoms with Crippen molar-refractivity contribution in [3.8, 4) is 0 Å². The van der Waals surface area contributed by atoms with Crippen molar-refractivity contribution in [3.05, 3.63) is 28.2 Å². The summed E-state index contributed by atoms with van der Waals surface area (Å²) in [5.74, 6) is 0. The Kier molecular flexibility index (Phi) is 4.68. The van der Waals surface area contributed by atoms with Crippen LogP contribution >= 0.6 is 15.9 Å². The molecule has 0 bridgehead atoms. The van der Waals surface area contributed by atoms with Crippen LogP contribution in [0.25, 0.3) is 0 Å². The Bertz CT molecular complexity index is 397. The number of aliphatic hydroxyl groups is 1. The molecule has 1 saturated carbocycles. The third kappa shape index (κ3) is 3.48. The van der Waals surface area contributed by atoms with Crippen molar-refractivity contribution in [2.45, 2.75) is 51.0 Å². The molecule has 1 fully saturated rings. The van der Waals surface area contributed by atoms with Gasteiger partial charge in [-0.2, -0.15) is 0 Å². The molecule has 1 aliphatic rings. The molecule has 0 radical (unpaired) electrons. The normalized spacial score (nSPS) is 19.3. The molecule has 0 atom stereocenters. The first-order valence-corrected chi connectivity index (χ1v) is 7.61. The predicted molar refractivity (Wildman–Crippen MR) is 80.0 cm³/mol. The molecule has 3 heteroatoms. The maximum atomic E-state index is 10.6. The molecular formula is C15H22BrNO. The molecule has 0 aromatic heterocycles. The molecule has 0 aliphatic heterocycles. The van der Waals surface area contributed by atoms with Crippen LogP contribution in [-0.2, 0) is 0 Å². The van der Waals surface area contributed by atoms with E-state index in [4.69, 9.17) is 0 Å². The fourth-order valence-electron chi connectivity index (χ4n) is 2.62. The standard InChI is InChI=1S/C15H22BrNO/c1-12-13(16)7-6-8-14(12)17-11-15(18)9-4-2-3-5-10-15/h6-8,17-18H,2-5,9-11H2,1H3. The second-order valence-corrected chi connectivity index (χ2v) is 6.26. The Morgan fingerprint density at radius 2 is 1.89 bits per heavy atom. The summed E-state index contributed by atoms with van der Waals surface area (Å²) in [5, 5.41) is 14.0. The van der Waals surface area contributed by atoms with Crippen molar-refractivity contribution >= 4 is 21.6 Å². The van der Waals surface area contributed by atoms with E-state index in [2.05, 4.69) is 34.2 Å². The zero-order valence-electron chi connectivity index (χ0n) is 11.0. The molecule has 0 amide bonds. The maximum Gasteiger partial charge on any atom is 0.0819 e. The smallest absolute Gasteiger partial charge is 0.0819 e. The quantitative estimate of drug-likeness (QED) is 0.818. The minimum Gasteiger partial charge on any atom is -0.388 e. The van der Waals surface area contributed by atoms with Crippen molar-refractivity contribution in [1.29, 1.82) is 0 Å². The fraction of sp³-hybridized carbons (Fsp3) is 0.600. The Hall–Kier alpha value is -0.540. The lowest BCUT2D eigenvalue weighted by atomic mass is 9.94. The van der Waals surface area contributed by atoms with Gasteiger partial charge in [-0.15, -0.1) is 0 Å². The van der Waals surface area contributed by atoms with Gasteiger partial charge in [0.05, 0.1) is 5.60 Å². The number of halogens is 1. The van der Waals surface area contributed by atoms with E-state index < -0.39 is 5.60 Å². The Labute approximate surface area is 118 Å². The monoisotopic (exact) mass is 311 g/mol. The molecule has 1 aromatic rings. The van der Waals surface area contributed by atoms with Crippen molar-refractivity contribution in [3.63, 3.8) is 0 Å². The summed E-state index contributed by atoms with van der Waals surface area (Å²) in [4.78, 5) is 0. The molecule has 2 rings (SSSR count). The number of benzene rings is 1. The van der Waals surface area contributed by atoms with Crippen LogP contribution in [0.15, 0.2) is 22.7 Å². The molecule has 1 aliphatic carbocycles. The SMILES string of the molecule is Cc1c(Br)cccc1NCC1(O)CCCCCC1. The number of nitrogens with one attached hydrogen (secondary N) is 1. The Morgan fingerprint density at radius 3 is 2.56 bits per heavy atom. The lowest BCUT2D eigenvalue weighted by Gasteiger charge is -2.27. The molecule has 18 heavy (non-hydrogen) atoms. The van der Waals surface area contributed by atoms with Crippen LogP contribution in [0.5, 0.6) is 0 Å². The van der Waals surface area contributed by atoms with Crippen LogP contribution < -0.4 is 5.32 Å². The summed E-state index contributed by atoms with van der Waals surface area (Å²) in [6.45, 7) is 2.74. The molecule has 2 nitrogen and oxygen atoms in total. The van der Waals surface area contributed by atoms with Gasteiger partial charge < -0.3 is 10.4 Å². The minimum absolute atomic E-state index is 0.523. The second kappa shape index (κ2) is 6.07. The number of hydrogen-bond acceptors (Lipinski definition) is 2. The summed E-state index contributed by atoms with van der Waals surface area (Å²) in [5.41, 5.74) is 1.79. The van der Waals surface area contributed by atoms with Gasteiger partial charge >= 0.3 is 0 Å². The highest BCUT2D eigenvalue weighted by molar-refractivity contribution is 9.10. The van der Waals surface area contributed by atoms with E-state index in [-0.39, 0.29) is 0 Å². The molecule has 0 unspecified atom stereocenters. The number of anilines is 1. The summed E-state index contributed by atoms with van der Waals surface area (Å²) in [6, 6.07) is 6.14. The fourth-order valence-corrected chi connectivity index (χ4v) is 2.99. The van der Waals surface area contributed by atoms with Gasteiger partial charge in [0, 0.05) is 16.7 Å². The van der Waals surface area contributed by atoms with Gasteiger partial charge in [-0.05, 0) is 37.5 Å². The van der Waals surface area contributed by atoms with Crippen LogP contribution in [0.3, 0.4) is 0 Å². The van der Waals surface area contributed by atoms with Gasteiger partial charge in [-0.1, -0.05) is 47.7 Å². The van der Waals surface area contributed by atoms with E-state index in [1.54, 1.807) is 0 Å². The average Bonchev–Trinajstić information content (AvgIpc) is 2.57. The predicted octanol–water partition coefficient (Wildman–Crippen LogP) is 4.25. The zero-order chi connectivity index (χ0) is 13.0. The first-order valence-electron chi connectivity index (χ1n) is 6.82. The van der Waals surface area contributed by atoms with Crippen molar-refractivity contribution in [1.82, 2.24) is 0 Å². The van der Waals surface area contributed by atoms with Crippen LogP contribution in [-0.4, -0.2) is 17.3 Å². The summed E-state index contributed by atoms with van der Waals surface area (Å²) in [7, 11) is 0.